The molecule has 5 nitrogen and oxygen atoms in total. The van der Waals surface area contributed by atoms with Gasteiger partial charge in [-0.15, -0.1) is 0 Å². The van der Waals surface area contributed by atoms with Crippen molar-refractivity contribution in [1.29, 1.82) is 0 Å². The quantitative estimate of drug-likeness (QED) is 0.810. The molecule has 0 amide bonds. The van der Waals surface area contributed by atoms with Gasteiger partial charge in [0.1, 0.15) is 5.75 Å². The fourth-order valence-corrected chi connectivity index (χ4v) is 2.78. The third-order valence-electron chi connectivity index (χ3n) is 2.49. The van der Waals surface area contributed by atoms with E-state index >= 15 is 0 Å². The number of aliphatic carboxylic acids is 1. The number of sulfone groups is 1. The first-order valence-electron chi connectivity index (χ1n) is 5.76. The van der Waals surface area contributed by atoms with Crippen LogP contribution in [-0.4, -0.2) is 26.6 Å². The first-order valence-corrected chi connectivity index (χ1v) is 7.24. The van der Waals surface area contributed by atoms with E-state index in [-0.39, 0.29) is 4.90 Å². The molecule has 0 aliphatic heterocycles. The van der Waals surface area contributed by atoms with Gasteiger partial charge >= 0.3 is 5.97 Å². The van der Waals surface area contributed by atoms with E-state index < -0.39 is 20.7 Å². The smallest absolute Gasteiger partial charge is 0.347 e. The third kappa shape index (κ3) is 3.57. The van der Waals surface area contributed by atoms with Crippen LogP contribution < -0.4 is 4.74 Å². The fraction of sp³-hybridized carbons (Fsp3) is 0.308. The van der Waals surface area contributed by atoms with Gasteiger partial charge in [0, 0.05) is 0 Å². The van der Waals surface area contributed by atoms with Crippen LogP contribution in [-0.2, 0) is 14.6 Å². The standard InChI is InChI=1S/C13H16O5S/c1-3-4-5-12(13(14)15)19(16,17)11-8-6-10(18-2)7-9-11/h5-9H,3-4H2,1-2H3,(H,14,15). The van der Waals surface area contributed by atoms with Crippen LogP contribution in [0.25, 0.3) is 0 Å². The van der Waals surface area contributed by atoms with E-state index in [4.69, 9.17) is 9.84 Å². The maximum atomic E-state index is 12.2. The molecule has 0 radical (unpaired) electrons. The van der Waals surface area contributed by atoms with Crippen molar-refractivity contribution in [3.63, 3.8) is 0 Å². The number of rotatable bonds is 6. The summed E-state index contributed by atoms with van der Waals surface area (Å²) >= 11 is 0. The van der Waals surface area contributed by atoms with Crippen LogP contribution >= 0.6 is 0 Å². The van der Waals surface area contributed by atoms with Gasteiger partial charge in [-0.05, 0) is 30.7 Å². The Morgan fingerprint density at radius 3 is 2.32 bits per heavy atom. The third-order valence-corrected chi connectivity index (χ3v) is 4.30. The van der Waals surface area contributed by atoms with E-state index in [1.807, 2.05) is 6.92 Å². The molecule has 0 aliphatic carbocycles. The zero-order valence-electron chi connectivity index (χ0n) is 10.8. The summed E-state index contributed by atoms with van der Waals surface area (Å²) in [6, 6.07) is 5.62. The van der Waals surface area contributed by atoms with Crippen molar-refractivity contribution in [2.45, 2.75) is 24.7 Å². The zero-order valence-corrected chi connectivity index (χ0v) is 11.6. The maximum absolute atomic E-state index is 12.2. The molecule has 1 aromatic carbocycles. The first-order chi connectivity index (χ1) is 8.93. The normalized spacial score (nSPS) is 12.2. The topological polar surface area (TPSA) is 80.7 Å². The van der Waals surface area contributed by atoms with Gasteiger partial charge in [-0.3, -0.25) is 0 Å². The molecule has 0 aromatic heterocycles. The van der Waals surface area contributed by atoms with E-state index in [2.05, 4.69) is 0 Å². The Morgan fingerprint density at radius 2 is 1.89 bits per heavy atom. The van der Waals surface area contributed by atoms with E-state index in [1.165, 1.54) is 37.5 Å². The van der Waals surface area contributed by atoms with Gasteiger partial charge in [0.25, 0.3) is 0 Å². The molecule has 104 valence electrons. The lowest BCUT2D eigenvalue weighted by Crippen LogP contribution is -2.13. The molecule has 0 heterocycles. The summed E-state index contributed by atoms with van der Waals surface area (Å²) in [6.07, 6.45) is 2.31. The molecule has 0 bridgehead atoms. The average Bonchev–Trinajstić information content (AvgIpc) is 2.38. The van der Waals surface area contributed by atoms with Gasteiger partial charge < -0.3 is 9.84 Å². The van der Waals surface area contributed by atoms with Gasteiger partial charge in [-0.25, -0.2) is 13.2 Å². The molecule has 0 unspecified atom stereocenters. The summed E-state index contributed by atoms with van der Waals surface area (Å²) in [5.41, 5.74) is 0. The van der Waals surface area contributed by atoms with Crippen LogP contribution in [0.15, 0.2) is 40.1 Å². The minimum Gasteiger partial charge on any atom is -0.497 e. The zero-order chi connectivity index (χ0) is 14.5. The van der Waals surface area contributed by atoms with Gasteiger partial charge in [0.2, 0.25) is 9.84 Å². The number of unbranched alkanes of at least 4 members (excludes halogenated alkanes) is 1. The second kappa shape index (κ2) is 6.38. The van der Waals surface area contributed by atoms with Crippen molar-refractivity contribution in [2.75, 3.05) is 7.11 Å². The lowest BCUT2D eigenvalue weighted by molar-refractivity contribution is -0.131. The number of methoxy groups -OCH3 is 1. The van der Waals surface area contributed by atoms with Crippen molar-refractivity contribution < 1.29 is 23.1 Å². The molecule has 1 N–H and O–H groups in total. The molecule has 0 fully saturated rings. The van der Waals surface area contributed by atoms with Crippen molar-refractivity contribution >= 4 is 15.8 Å². The number of hydrogen-bond acceptors (Lipinski definition) is 4. The summed E-state index contributed by atoms with van der Waals surface area (Å²) in [5, 5.41) is 9.03. The number of carboxylic acids is 1. The molecule has 1 aromatic rings. The Balaban J connectivity index is 3.23. The van der Waals surface area contributed by atoms with Crippen LogP contribution in [0.2, 0.25) is 0 Å². The van der Waals surface area contributed by atoms with E-state index in [9.17, 15) is 13.2 Å². The number of carbonyl (C=O) groups is 1. The summed E-state index contributed by atoms with van der Waals surface area (Å²) in [5.74, 6) is -0.933. The Morgan fingerprint density at radius 1 is 1.32 bits per heavy atom. The summed E-state index contributed by atoms with van der Waals surface area (Å²) in [4.78, 5) is 10.4. The van der Waals surface area contributed by atoms with Crippen molar-refractivity contribution in [1.82, 2.24) is 0 Å². The highest BCUT2D eigenvalue weighted by molar-refractivity contribution is 7.96. The largest absolute Gasteiger partial charge is 0.497 e. The molecule has 0 aliphatic rings. The summed E-state index contributed by atoms with van der Waals surface area (Å²) in [7, 11) is -2.53. The van der Waals surface area contributed by atoms with Crippen LogP contribution in [0, 0.1) is 0 Å². The molecule has 19 heavy (non-hydrogen) atoms. The highest BCUT2D eigenvalue weighted by Gasteiger charge is 2.26. The number of carboxylic acid groups (broad SMARTS) is 1. The molecular formula is C13H16O5S. The monoisotopic (exact) mass is 284 g/mol. The molecule has 0 atom stereocenters. The van der Waals surface area contributed by atoms with Crippen molar-refractivity contribution in [3.8, 4) is 5.75 Å². The Hall–Kier alpha value is -1.82. The Bertz CT molecular complexity index is 570. The van der Waals surface area contributed by atoms with E-state index in [1.54, 1.807) is 0 Å². The minimum atomic E-state index is -3.99. The number of benzene rings is 1. The van der Waals surface area contributed by atoms with Crippen LogP contribution in [0.3, 0.4) is 0 Å². The van der Waals surface area contributed by atoms with E-state index in [0.29, 0.717) is 18.6 Å². The predicted octanol–water partition coefficient (Wildman–Crippen LogP) is 2.24. The number of ether oxygens (including phenoxy) is 1. The molecular weight excluding hydrogens is 268 g/mol. The highest BCUT2D eigenvalue weighted by Crippen LogP contribution is 2.22. The first kappa shape index (κ1) is 15.2. The van der Waals surface area contributed by atoms with Gasteiger partial charge in [0.05, 0.1) is 12.0 Å². The van der Waals surface area contributed by atoms with Gasteiger partial charge in [-0.2, -0.15) is 0 Å². The molecule has 6 heteroatoms. The second-order valence-electron chi connectivity index (χ2n) is 3.84. The van der Waals surface area contributed by atoms with Crippen LogP contribution in [0.5, 0.6) is 5.75 Å². The Labute approximate surface area is 112 Å². The Kier molecular flexibility index (Phi) is 5.11. The minimum absolute atomic E-state index is 0.0574. The lowest BCUT2D eigenvalue weighted by atomic mass is 10.3. The lowest BCUT2D eigenvalue weighted by Gasteiger charge is -2.06. The van der Waals surface area contributed by atoms with Crippen molar-refractivity contribution in [3.05, 3.63) is 35.2 Å². The van der Waals surface area contributed by atoms with Gasteiger partial charge in [0.15, 0.2) is 4.91 Å². The molecule has 0 spiro atoms. The summed E-state index contributed by atoms with van der Waals surface area (Å²) < 4.78 is 29.3. The van der Waals surface area contributed by atoms with Crippen LogP contribution in [0.4, 0.5) is 0 Å². The second-order valence-corrected chi connectivity index (χ2v) is 5.76. The summed E-state index contributed by atoms with van der Waals surface area (Å²) in [6.45, 7) is 1.84. The highest BCUT2D eigenvalue weighted by atomic mass is 32.2. The average molecular weight is 284 g/mol. The van der Waals surface area contributed by atoms with Gasteiger partial charge in [-0.1, -0.05) is 19.4 Å². The maximum Gasteiger partial charge on any atom is 0.347 e. The fourth-order valence-electron chi connectivity index (χ4n) is 1.47. The van der Waals surface area contributed by atoms with Crippen LogP contribution in [0.1, 0.15) is 19.8 Å². The SMILES string of the molecule is CCCC=C(C(=O)O)S(=O)(=O)c1ccc(OC)cc1. The van der Waals surface area contributed by atoms with Crippen molar-refractivity contribution in [2.24, 2.45) is 0 Å². The molecule has 0 saturated carbocycles. The molecule has 0 saturated heterocycles. The van der Waals surface area contributed by atoms with E-state index in [0.717, 1.165) is 0 Å². The molecule has 1 rings (SSSR count). The number of hydrogen-bond donors (Lipinski definition) is 1. The predicted molar refractivity (Wildman–Crippen MR) is 70.8 cm³/mol. The number of allylic oxidation sites excluding steroid dienone is 1.